The molecule has 3 nitrogen and oxygen atoms in total. The van der Waals surface area contributed by atoms with E-state index < -0.39 is 0 Å². The van der Waals surface area contributed by atoms with Gasteiger partial charge in [-0.05, 0) is 25.5 Å². The van der Waals surface area contributed by atoms with E-state index in [0.29, 0.717) is 12.2 Å². The van der Waals surface area contributed by atoms with Crippen LogP contribution in [0.3, 0.4) is 0 Å². The molecule has 118 valence electrons. The first-order chi connectivity index (χ1) is 10.5. The molecule has 1 heterocycles. The zero-order valence-electron chi connectivity index (χ0n) is 13.2. The third kappa shape index (κ3) is 3.43. The van der Waals surface area contributed by atoms with Gasteiger partial charge in [0, 0.05) is 24.6 Å². The molecule has 0 N–H and O–H groups in total. The van der Waals surface area contributed by atoms with Gasteiger partial charge in [-0.2, -0.15) is 0 Å². The molecule has 1 aliphatic heterocycles. The minimum atomic E-state index is -0.346. The summed E-state index contributed by atoms with van der Waals surface area (Å²) in [6.45, 7) is 6.17. The molecule has 1 saturated heterocycles. The Hall–Kier alpha value is -1.57. The molecule has 0 bridgehead atoms. The molecule has 1 fully saturated rings. The van der Waals surface area contributed by atoms with E-state index in [1.165, 1.54) is 0 Å². The van der Waals surface area contributed by atoms with Gasteiger partial charge in [0.25, 0.3) is 0 Å². The predicted molar refractivity (Wildman–Crippen MR) is 90.7 cm³/mol. The summed E-state index contributed by atoms with van der Waals surface area (Å²) in [5, 5.41) is 0.117. The molecule has 4 atom stereocenters. The summed E-state index contributed by atoms with van der Waals surface area (Å²) in [7, 11) is 0. The topological polar surface area (TPSA) is 27.7 Å². The zero-order chi connectivity index (χ0) is 16.2. The molecule has 4 heteroatoms. The molecule has 1 aromatic rings. The van der Waals surface area contributed by atoms with E-state index >= 15 is 0 Å². The maximum Gasteiger partial charge on any atom is 0.358 e. The van der Waals surface area contributed by atoms with Crippen molar-refractivity contribution in [3.05, 3.63) is 30.3 Å². The van der Waals surface area contributed by atoms with Crippen molar-refractivity contribution < 1.29 is 14.2 Å². The van der Waals surface area contributed by atoms with Crippen molar-refractivity contribution in [2.24, 2.45) is 5.92 Å². The first-order valence-corrected chi connectivity index (χ1v) is 7.98. The minimum Gasteiger partial charge on any atom is -0.450 e. The van der Waals surface area contributed by atoms with E-state index in [-0.39, 0.29) is 29.0 Å². The molecule has 0 saturated carbocycles. The normalized spacial score (nSPS) is 30.5. The Labute approximate surface area is 138 Å². The van der Waals surface area contributed by atoms with E-state index in [9.17, 15) is 0 Å². The van der Waals surface area contributed by atoms with Crippen molar-refractivity contribution >= 4 is 17.5 Å². The van der Waals surface area contributed by atoms with Gasteiger partial charge in [-0.15, -0.1) is 12.3 Å². The number of para-hydroxylation sites is 1. The lowest BCUT2D eigenvalue weighted by atomic mass is 9.82. The van der Waals surface area contributed by atoms with Crippen molar-refractivity contribution in [3.63, 3.8) is 0 Å². The van der Waals surface area contributed by atoms with Crippen LogP contribution in [0.5, 0.6) is 5.75 Å². The highest BCUT2D eigenvalue weighted by Gasteiger charge is 2.51. The van der Waals surface area contributed by atoms with Crippen molar-refractivity contribution in [3.8, 4) is 18.1 Å². The number of ether oxygens (including phenoxy) is 3. The molecule has 1 aliphatic rings. The monoisotopic (exact) mass is 318 g/mol. The predicted octanol–water partition coefficient (Wildman–Crippen LogP) is 3.96. The van der Waals surface area contributed by atoms with Crippen molar-refractivity contribution in [1.29, 1.82) is 0 Å². The van der Waals surface area contributed by atoms with Crippen LogP contribution < -0.4 is 4.74 Å². The standard InChI is InChI=1S/C18H22O3S/c1-5-12-18(6-2)13(3)16(14(4)21-18)20-17(22)19-15-10-8-7-9-11-15/h1,7-11,13-14,16H,6,12H2,2-4H3/t13-,14+,16-,18-/m1/s1. The Bertz CT molecular complexity index is 551. The average molecular weight is 318 g/mol. The fourth-order valence-electron chi connectivity index (χ4n) is 3.07. The van der Waals surface area contributed by atoms with E-state index in [1.807, 2.05) is 37.3 Å². The molecule has 0 aliphatic carbocycles. The number of hydrogen-bond donors (Lipinski definition) is 0. The Morgan fingerprint density at radius 1 is 1.36 bits per heavy atom. The van der Waals surface area contributed by atoms with Crippen LogP contribution in [0.15, 0.2) is 30.3 Å². The maximum atomic E-state index is 6.13. The van der Waals surface area contributed by atoms with Crippen LogP contribution >= 0.6 is 12.2 Å². The van der Waals surface area contributed by atoms with E-state index in [1.54, 1.807) is 0 Å². The van der Waals surface area contributed by atoms with Crippen LogP contribution in [-0.2, 0) is 9.47 Å². The van der Waals surface area contributed by atoms with Gasteiger partial charge in [-0.25, -0.2) is 0 Å². The van der Waals surface area contributed by atoms with Gasteiger partial charge in [0.05, 0.1) is 11.7 Å². The zero-order valence-corrected chi connectivity index (χ0v) is 14.1. The Morgan fingerprint density at radius 3 is 2.64 bits per heavy atom. The van der Waals surface area contributed by atoms with Gasteiger partial charge in [0.2, 0.25) is 0 Å². The summed E-state index contributed by atoms with van der Waals surface area (Å²) >= 11 is 5.21. The number of hydrogen-bond acceptors (Lipinski definition) is 4. The second-order valence-electron chi connectivity index (χ2n) is 5.66. The fourth-order valence-corrected chi connectivity index (χ4v) is 3.28. The summed E-state index contributed by atoms with van der Waals surface area (Å²) in [6.07, 6.45) is 6.67. The van der Waals surface area contributed by atoms with Crippen molar-refractivity contribution in [2.75, 3.05) is 0 Å². The van der Waals surface area contributed by atoms with Crippen LogP contribution in [-0.4, -0.2) is 23.0 Å². The smallest absolute Gasteiger partial charge is 0.358 e. The fraction of sp³-hybridized carbons (Fsp3) is 0.500. The maximum absolute atomic E-state index is 6.13. The number of benzene rings is 1. The number of thiocarbonyl (C=S) groups is 1. The third-order valence-corrected chi connectivity index (χ3v) is 4.56. The van der Waals surface area contributed by atoms with Gasteiger partial charge in [0.15, 0.2) is 0 Å². The Morgan fingerprint density at radius 2 is 2.05 bits per heavy atom. The van der Waals surface area contributed by atoms with Crippen LogP contribution in [0, 0.1) is 18.3 Å². The van der Waals surface area contributed by atoms with Crippen molar-refractivity contribution in [2.45, 2.75) is 51.4 Å². The number of rotatable bonds is 4. The first kappa shape index (κ1) is 16.8. The molecular formula is C18H22O3S. The Kier molecular flexibility index (Phi) is 5.44. The van der Waals surface area contributed by atoms with Gasteiger partial charge in [-0.1, -0.05) is 32.0 Å². The summed E-state index contributed by atoms with van der Waals surface area (Å²) in [5.41, 5.74) is -0.346. The molecule has 0 spiro atoms. The molecule has 22 heavy (non-hydrogen) atoms. The lowest BCUT2D eigenvalue weighted by molar-refractivity contribution is -0.0519. The molecular weight excluding hydrogens is 296 g/mol. The van der Waals surface area contributed by atoms with Gasteiger partial charge in [-0.3, -0.25) is 0 Å². The van der Waals surface area contributed by atoms with Crippen LogP contribution in [0.2, 0.25) is 0 Å². The quantitative estimate of drug-likeness (QED) is 0.620. The highest BCUT2D eigenvalue weighted by molar-refractivity contribution is 7.79. The summed E-state index contributed by atoms with van der Waals surface area (Å²) in [6, 6.07) is 9.36. The van der Waals surface area contributed by atoms with E-state index in [4.69, 9.17) is 32.9 Å². The molecule has 0 amide bonds. The van der Waals surface area contributed by atoms with Crippen molar-refractivity contribution in [1.82, 2.24) is 0 Å². The molecule has 1 aromatic carbocycles. The molecule has 0 unspecified atom stereocenters. The third-order valence-electron chi connectivity index (χ3n) is 4.38. The average Bonchev–Trinajstić information content (AvgIpc) is 2.73. The summed E-state index contributed by atoms with van der Waals surface area (Å²) < 4.78 is 17.5. The lowest BCUT2D eigenvalue weighted by Gasteiger charge is -2.30. The lowest BCUT2D eigenvalue weighted by Crippen LogP contribution is -2.37. The van der Waals surface area contributed by atoms with Gasteiger partial charge >= 0.3 is 5.24 Å². The van der Waals surface area contributed by atoms with Crippen LogP contribution in [0.4, 0.5) is 0 Å². The second kappa shape index (κ2) is 7.13. The summed E-state index contributed by atoms with van der Waals surface area (Å²) in [4.78, 5) is 0. The first-order valence-electron chi connectivity index (χ1n) is 7.57. The number of terminal acetylenes is 1. The second-order valence-corrected chi connectivity index (χ2v) is 5.99. The largest absolute Gasteiger partial charge is 0.450 e. The molecule has 0 aromatic heterocycles. The Balaban J connectivity index is 2.03. The van der Waals surface area contributed by atoms with Gasteiger partial charge < -0.3 is 14.2 Å². The SMILES string of the molecule is C#CC[C@@]1(CC)O[C@@H](C)[C@H](OC(=S)Oc2ccccc2)[C@H]1C. The minimum absolute atomic E-state index is 0.0828. The highest BCUT2D eigenvalue weighted by atomic mass is 32.1. The molecule has 2 rings (SSSR count). The summed E-state index contributed by atoms with van der Waals surface area (Å²) in [5.74, 6) is 3.53. The highest BCUT2D eigenvalue weighted by Crippen LogP contribution is 2.42. The van der Waals surface area contributed by atoms with Crippen LogP contribution in [0.25, 0.3) is 0 Å². The van der Waals surface area contributed by atoms with E-state index in [2.05, 4.69) is 19.8 Å². The van der Waals surface area contributed by atoms with Crippen LogP contribution in [0.1, 0.15) is 33.6 Å². The molecule has 0 radical (unpaired) electrons. The van der Waals surface area contributed by atoms with Gasteiger partial charge in [0.1, 0.15) is 11.9 Å². The van der Waals surface area contributed by atoms with E-state index in [0.717, 1.165) is 6.42 Å².